The molecule has 0 spiro atoms. The van der Waals surface area contributed by atoms with Crippen LogP contribution in [0.1, 0.15) is 35.9 Å². The fraction of sp³-hybridized carbons (Fsp3) is 0.435. The lowest BCUT2D eigenvalue weighted by molar-refractivity contribution is -0.151. The zero-order valence-corrected chi connectivity index (χ0v) is 19.5. The van der Waals surface area contributed by atoms with Gasteiger partial charge < -0.3 is 19.0 Å². The first-order valence-corrected chi connectivity index (χ1v) is 12.4. The van der Waals surface area contributed by atoms with Crippen LogP contribution in [0.4, 0.5) is 0 Å². The molecule has 1 fully saturated rings. The first-order valence-electron chi connectivity index (χ1n) is 10.8. The number of nitrogens with zero attached hydrogens (tertiary/aromatic N) is 2. The highest BCUT2D eigenvalue weighted by Crippen LogP contribution is 2.22. The summed E-state index contributed by atoms with van der Waals surface area (Å²) in [6, 6.07) is 9.39. The summed E-state index contributed by atoms with van der Waals surface area (Å²) in [6.45, 7) is 2.54. The minimum Gasteiger partial charge on any atom is -0.466 e. The van der Waals surface area contributed by atoms with Crippen molar-refractivity contribution in [2.75, 3.05) is 33.3 Å². The van der Waals surface area contributed by atoms with Crippen molar-refractivity contribution >= 4 is 27.6 Å². The molecule has 1 saturated heterocycles. The molecule has 0 bridgehead atoms. The van der Waals surface area contributed by atoms with Crippen molar-refractivity contribution in [1.82, 2.24) is 9.80 Å². The van der Waals surface area contributed by atoms with Crippen LogP contribution >= 0.6 is 0 Å². The topological polar surface area (TPSA) is 114 Å². The molecular weight excluding hydrogens is 448 g/mol. The highest BCUT2D eigenvalue weighted by molar-refractivity contribution is 7.90. The zero-order valence-electron chi connectivity index (χ0n) is 18.7. The van der Waals surface area contributed by atoms with E-state index in [2.05, 4.69) is 0 Å². The quantitative estimate of drug-likeness (QED) is 0.536. The van der Waals surface area contributed by atoms with Gasteiger partial charge in [-0.05, 0) is 38.0 Å². The van der Waals surface area contributed by atoms with Gasteiger partial charge >= 0.3 is 5.97 Å². The van der Waals surface area contributed by atoms with Crippen LogP contribution in [-0.2, 0) is 29.9 Å². The largest absolute Gasteiger partial charge is 0.466 e. The van der Waals surface area contributed by atoms with Crippen LogP contribution in [-0.4, -0.2) is 69.3 Å². The number of carbonyl (C=O) groups excluding carboxylic acids is 3. The van der Waals surface area contributed by atoms with E-state index < -0.39 is 21.5 Å². The van der Waals surface area contributed by atoms with E-state index in [4.69, 9.17) is 9.15 Å². The van der Waals surface area contributed by atoms with E-state index in [1.807, 2.05) is 0 Å². The maximum Gasteiger partial charge on any atom is 0.310 e. The molecule has 10 heteroatoms. The predicted octanol–water partition coefficient (Wildman–Crippen LogP) is 2.13. The Morgan fingerprint density at radius 3 is 2.61 bits per heavy atom. The Bertz CT molecular complexity index is 1100. The fourth-order valence-corrected chi connectivity index (χ4v) is 5.13. The van der Waals surface area contributed by atoms with Gasteiger partial charge in [0.15, 0.2) is 15.6 Å². The van der Waals surface area contributed by atoms with Gasteiger partial charge in [0, 0.05) is 25.7 Å². The van der Waals surface area contributed by atoms with Gasteiger partial charge in [0.1, 0.15) is 0 Å². The standard InChI is InChI=1S/C23H28N2O7S/c1-3-31-23(28)17-8-7-12-25(14-17)20(26)15-24(2)22(27)21-18(11-13-32-21)16-33(29,30)19-9-5-4-6-10-19/h4-6,9-11,13,17H,3,7-8,12,14-16H2,1-2H3. The molecular formula is C23H28N2O7S. The second kappa shape index (κ2) is 10.7. The van der Waals surface area contributed by atoms with Gasteiger partial charge in [0.2, 0.25) is 5.91 Å². The predicted molar refractivity (Wildman–Crippen MR) is 119 cm³/mol. The number of carbonyl (C=O) groups is 3. The van der Waals surface area contributed by atoms with Gasteiger partial charge in [0.25, 0.3) is 5.91 Å². The second-order valence-corrected chi connectivity index (χ2v) is 9.93. The van der Waals surface area contributed by atoms with Gasteiger partial charge in [-0.15, -0.1) is 0 Å². The number of hydrogen-bond acceptors (Lipinski definition) is 7. The molecule has 1 aromatic heterocycles. The lowest BCUT2D eigenvalue weighted by atomic mass is 9.98. The van der Waals surface area contributed by atoms with Gasteiger partial charge in [-0.1, -0.05) is 18.2 Å². The monoisotopic (exact) mass is 476 g/mol. The van der Waals surface area contributed by atoms with Gasteiger partial charge in [-0.25, -0.2) is 8.42 Å². The zero-order chi connectivity index (χ0) is 24.0. The van der Waals surface area contributed by atoms with Gasteiger partial charge in [-0.3, -0.25) is 14.4 Å². The number of hydrogen-bond donors (Lipinski definition) is 0. The van der Waals surface area contributed by atoms with Crippen LogP contribution in [0, 0.1) is 5.92 Å². The summed E-state index contributed by atoms with van der Waals surface area (Å²) in [7, 11) is -2.22. The van der Waals surface area contributed by atoms with E-state index in [1.165, 1.54) is 36.4 Å². The van der Waals surface area contributed by atoms with E-state index in [0.29, 0.717) is 19.4 Å². The lowest BCUT2D eigenvalue weighted by Crippen LogP contribution is -2.47. The number of likely N-dealkylation sites (N-methyl/N-ethyl adjacent to an activating group) is 1. The number of piperidine rings is 1. The van der Waals surface area contributed by atoms with Crippen molar-refractivity contribution in [2.45, 2.75) is 30.4 Å². The summed E-state index contributed by atoms with van der Waals surface area (Å²) in [5.41, 5.74) is 0.225. The van der Waals surface area contributed by atoms with Crippen molar-refractivity contribution in [1.29, 1.82) is 0 Å². The van der Waals surface area contributed by atoms with E-state index >= 15 is 0 Å². The molecule has 0 N–H and O–H groups in total. The fourth-order valence-electron chi connectivity index (χ4n) is 3.76. The normalized spacial score (nSPS) is 16.3. The molecule has 2 amide bonds. The van der Waals surface area contributed by atoms with E-state index in [0.717, 1.165) is 0 Å². The third kappa shape index (κ3) is 6.01. The number of sulfone groups is 1. The lowest BCUT2D eigenvalue weighted by Gasteiger charge is -2.32. The molecule has 33 heavy (non-hydrogen) atoms. The maximum absolute atomic E-state index is 12.9. The number of ether oxygens (including phenoxy) is 1. The minimum absolute atomic E-state index is 0.118. The summed E-state index contributed by atoms with van der Waals surface area (Å²) in [5, 5.41) is 0. The number of furan rings is 1. The van der Waals surface area contributed by atoms with Crippen LogP contribution < -0.4 is 0 Å². The Morgan fingerprint density at radius 2 is 1.91 bits per heavy atom. The Morgan fingerprint density at radius 1 is 1.18 bits per heavy atom. The molecule has 1 atom stereocenters. The first-order chi connectivity index (χ1) is 15.7. The second-order valence-electron chi connectivity index (χ2n) is 7.94. The molecule has 1 aromatic carbocycles. The molecule has 0 aliphatic carbocycles. The van der Waals surface area contributed by atoms with Crippen molar-refractivity contribution in [3.05, 3.63) is 54.0 Å². The highest BCUT2D eigenvalue weighted by atomic mass is 32.2. The van der Waals surface area contributed by atoms with Crippen LogP contribution in [0.15, 0.2) is 52.0 Å². The number of likely N-dealkylation sites (tertiary alicyclic amines) is 1. The van der Waals surface area contributed by atoms with Crippen molar-refractivity contribution in [3.63, 3.8) is 0 Å². The third-order valence-electron chi connectivity index (χ3n) is 5.50. The molecule has 0 saturated carbocycles. The molecule has 178 valence electrons. The molecule has 1 unspecified atom stereocenters. The average Bonchev–Trinajstić information content (AvgIpc) is 3.26. The molecule has 2 aromatic rings. The first kappa shape index (κ1) is 24.5. The Kier molecular flexibility index (Phi) is 7.91. The Balaban J connectivity index is 1.65. The molecule has 0 radical (unpaired) electrons. The SMILES string of the molecule is CCOC(=O)C1CCCN(C(=O)CN(C)C(=O)c2occc2CS(=O)(=O)c2ccccc2)C1. The molecule has 1 aliphatic heterocycles. The summed E-state index contributed by atoms with van der Waals surface area (Å²) in [4.78, 5) is 40.6. The minimum atomic E-state index is -3.67. The van der Waals surface area contributed by atoms with E-state index in [-0.39, 0.29) is 53.7 Å². The van der Waals surface area contributed by atoms with Gasteiger partial charge in [-0.2, -0.15) is 0 Å². The summed E-state index contributed by atoms with van der Waals surface area (Å²) >= 11 is 0. The number of esters is 1. The van der Waals surface area contributed by atoms with Crippen LogP contribution in [0.2, 0.25) is 0 Å². The van der Waals surface area contributed by atoms with Crippen molar-refractivity contribution < 1.29 is 32.0 Å². The van der Waals surface area contributed by atoms with Gasteiger partial charge in [0.05, 0.1) is 36.0 Å². The Labute approximate surface area is 193 Å². The number of amides is 2. The Hall–Kier alpha value is -3.14. The number of benzene rings is 1. The maximum atomic E-state index is 12.9. The number of rotatable bonds is 8. The van der Waals surface area contributed by atoms with Crippen LogP contribution in [0.3, 0.4) is 0 Å². The summed E-state index contributed by atoms with van der Waals surface area (Å²) in [6.07, 6.45) is 2.59. The summed E-state index contributed by atoms with van der Waals surface area (Å²) in [5.74, 6) is -2.10. The highest BCUT2D eigenvalue weighted by Gasteiger charge is 2.31. The van der Waals surface area contributed by atoms with E-state index in [9.17, 15) is 22.8 Å². The average molecular weight is 477 g/mol. The van der Waals surface area contributed by atoms with Crippen molar-refractivity contribution in [2.24, 2.45) is 5.92 Å². The van der Waals surface area contributed by atoms with Crippen LogP contribution in [0.25, 0.3) is 0 Å². The van der Waals surface area contributed by atoms with Crippen molar-refractivity contribution in [3.8, 4) is 0 Å². The summed E-state index contributed by atoms with van der Waals surface area (Å²) < 4.78 is 35.7. The molecule has 1 aliphatic rings. The van der Waals surface area contributed by atoms with Crippen LogP contribution in [0.5, 0.6) is 0 Å². The molecule has 2 heterocycles. The van der Waals surface area contributed by atoms with E-state index in [1.54, 1.807) is 30.0 Å². The molecule has 3 rings (SSSR count). The third-order valence-corrected chi connectivity index (χ3v) is 7.18. The molecule has 9 nitrogen and oxygen atoms in total. The smallest absolute Gasteiger partial charge is 0.310 e.